The van der Waals surface area contributed by atoms with Gasteiger partial charge in [-0.3, -0.25) is 9.05 Å². The lowest BCUT2D eigenvalue weighted by Crippen LogP contribution is -2.25. The van der Waals surface area contributed by atoms with Crippen LogP contribution in [0.3, 0.4) is 0 Å². The van der Waals surface area contributed by atoms with Gasteiger partial charge in [0.2, 0.25) is 12.7 Å². The third-order valence-electron chi connectivity index (χ3n) is 7.80. The number of phosphoric ester groups is 1. The molecule has 0 spiro atoms. The van der Waals surface area contributed by atoms with Gasteiger partial charge in [0.15, 0.2) is 0 Å². The van der Waals surface area contributed by atoms with Crippen molar-refractivity contribution in [2.45, 2.75) is 72.3 Å². The number of rotatable bonds is 15. The summed E-state index contributed by atoms with van der Waals surface area (Å²) in [4.78, 5) is 22.0. The lowest BCUT2D eigenvalue weighted by molar-refractivity contribution is -0.0353. The highest BCUT2D eigenvalue weighted by molar-refractivity contribution is 7.48. The number of fused-ring (bicyclic) bond motifs is 1. The molecule has 0 unspecified atom stereocenters. The minimum Gasteiger partial charge on any atom is -0.473 e. The normalized spacial score (nSPS) is 12.2. The number of aromatic nitrogens is 3. The number of nitrogens with zero attached hydrogens (tertiary/aromatic N) is 4. The van der Waals surface area contributed by atoms with Crippen molar-refractivity contribution in [3.8, 4) is 23.2 Å². The van der Waals surface area contributed by atoms with E-state index in [2.05, 4.69) is 9.97 Å². The number of phosphoric acid groups is 1. The van der Waals surface area contributed by atoms with Gasteiger partial charge in [0.05, 0.1) is 51.7 Å². The summed E-state index contributed by atoms with van der Waals surface area (Å²) in [6, 6.07) is 17.1. The Balaban J connectivity index is 1.33. The Kier molecular flexibility index (Phi) is 13.0. The molecule has 0 aliphatic rings. The van der Waals surface area contributed by atoms with E-state index in [0.717, 1.165) is 18.2 Å². The van der Waals surface area contributed by atoms with Gasteiger partial charge >= 0.3 is 13.8 Å². The van der Waals surface area contributed by atoms with Crippen LogP contribution in [-0.4, -0.2) is 52.2 Å². The molecule has 0 radical (unpaired) electrons. The minimum absolute atomic E-state index is 0.0140. The number of nitriles is 1. The Hall–Kier alpha value is -5.10. The number of imidazole rings is 1. The second kappa shape index (κ2) is 17.4. The van der Waals surface area contributed by atoms with Crippen LogP contribution in [0.25, 0.3) is 22.3 Å². The maximum absolute atomic E-state index is 15.7. The van der Waals surface area contributed by atoms with E-state index in [9.17, 15) is 13.8 Å². The van der Waals surface area contributed by atoms with Gasteiger partial charge in [0.25, 0.3) is 0 Å². The molecule has 2 aromatic heterocycles. The molecule has 0 amide bonds. The second-order valence-corrected chi connectivity index (χ2v) is 16.1. The highest BCUT2D eigenvalue weighted by Crippen LogP contribution is 2.55. The molecule has 0 aliphatic heterocycles. The first kappa shape index (κ1) is 42.1. The fraction of sp³-hybridized carbons (Fsp3) is 0.350. The number of carbonyl (C=O) groups excluding carboxylic acids is 1. The Morgan fingerprint density at radius 2 is 1.59 bits per heavy atom. The first-order chi connectivity index (χ1) is 26.4. The average molecular weight is 795 g/mol. The molecule has 16 heteroatoms. The van der Waals surface area contributed by atoms with Gasteiger partial charge < -0.3 is 18.8 Å². The predicted molar refractivity (Wildman–Crippen MR) is 200 cm³/mol. The van der Waals surface area contributed by atoms with Gasteiger partial charge in [0.1, 0.15) is 29.9 Å². The van der Waals surface area contributed by atoms with Gasteiger partial charge in [0, 0.05) is 37.3 Å². The van der Waals surface area contributed by atoms with Crippen molar-refractivity contribution in [1.82, 2.24) is 14.5 Å². The number of benzene rings is 3. The van der Waals surface area contributed by atoms with Crippen LogP contribution >= 0.6 is 7.82 Å². The van der Waals surface area contributed by atoms with E-state index in [1.165, 1.54) is 43.5 Å². The lowest BCUT2D eigenvalue weighted by Gasteiger charge is -2.30. The van der Waals surface area contributed by atoms with Gasteiger partial charge in [-0.1, -0.05) is 12.1 Å². The van der Waals surface area contributed by atoms with Gasteiger partial charge in [-0.25, -0.2) is 37.0 Å². The largest absolute Gasteiger partial charge is 0.478 e. The van der Waals surface area contributed by atoms with Crippen LogP contribution in [0.4, 0.5) is 13.2 Å². The van der Waals surface area contributed by atoms with Crippen molar-refractivity contribution < 1.29 is 50.3 Å². The van der Waals surface area contributed by atoms with Crippen molar-refractivity contribution in [3.63, 3.8) is 0 Å². The van der Waals surface area contributed by atoms with Gasteiger partial charge in [-0.2, -0.15) is 5.26 Å². The number of hydrogen-bond donors (Lipinski definition) is 0. The fourth-order valence-corrected chi connectivity index (χ4v) is 7.12. The number of carbonyl (C=O) groups is 1. The van der Waals surface area contributed by atoms with Crippen LogP contribution in [0.5, 0.6) is 5.88 Å². The summed E-state index contributed by atoms with van der Waals surface area (Å²) in [7, 11) is -2.62. The van der Waals surface area contributed by atoms with Crippen molar-refractivity contribution >= 4 is 24.8 Å². The van der Waals surface area contributed by atoms with Gasteiger partial charge in [-0.15, -0.1) is 0 Å². The molecule has 0 saturated carbocycles. The highest BCUT2D eigenvalue weighted by Gasteiger charge is 2.37. The van der Waals surface area contributed by atoms with Crippen molar-refractivity contribution in [2.24, 2.45) is 0 Å². The predicted octanol–water partition coefficient (Wildman–Crippen LogP) is 9.07. The zero-order valence-corrected chi connectivity index (χ0v) is 32.9. The monoisotopic (exact) mass is 794 g/mol. The Bertz CT molecular complexity index is 2290. The first-order valence-corrected chi connectivity index (χ1v) is 18.9. The van der Waals surface area contributed by atoms with E-state index in [0.29, 0.717) is 16.9 Å². The fourth-order valence-electron chi connectivity index (χ4n) is 5.46. The molecule has 0 saturated heterocycles. The molecule has 5 rings (SSSR count). The summed E-state index contributed by atoms with van der Waals surface area (Å²) in [5.41, 5.74) is -0.324. The van der Waals surface area contributed by atoms with E-state index in [1.54, 1.807) is 58.2 Å². The summed E-state index contributed by atoms with van der Waals surface area (Å²) in [6.45, 7) is 9.67. The van der Waals surface area contributed by atoms with E-state index in [4.69, 9.17) is 33.0 Å². The van der Waals surface area contributed by atoms with Crippen LogP contribution in [0, 0.1) is 28.8 Å². The molecule has 0 fully saturated rings. The van der Waals surface area contributed by atoms with Crippen LogP contribution in [-0.2, 0) is 47.2 Å². The molecule has 296 valence electrons. The Labute approximate surface area is 322 Å². The van der Waals surface area contributed by atoms with E-state index in [1.807, 2.05) is 6.07 Å². The summed E-state index contributed by atoms with van der Waals surface area (Å²) in [6.07, 6.45) is -0.112. The molecule has 12 nitrogen and oxygen atoms in total. The maximum atomic E-state index is 15.7. The molecule has 0 aliphatic carbocycles. The molecule has 3 aromatic carbocycles. The van der Waals surface area contributed by atoms with Crippen LogP contribution in [0.2, 0.25) is 0 Å². The third kappa shape index (κ3) is 11.0. The molecule has 0 N–H and O–H groups in total. The summed E-state index contributed by atoms with van der Waals surface area (Å²) < 4.78 is 93.4. The standard InChI is InChI=1S/C40H42F3N4O8P/c1-39(2,3)54-56(49,55-40(4,5)6)53-24-52-38(48)26-13-14-34-35(19-26)47(15-16-50-7)36(45-34)20-28-18-32(43)29(21-31(28)42)33-9-8-10-37(46-33)51-23-27-12-11-25(22-44)17-30(27)41/h8-14,17-19,21H,15-16,20,23-24H2,1-7H3. The van der Waals surface area contributed by atoms with Crippen LogP contribution in [0.15, 0.2) is 66.7 Å². The molecule has 0 atom stereocenters. The van der Waals surface area contributed by atoms with Crippen LogP contribution < -0.4 is 4.74 Å². The third-order valence-corrected chi connectivity index (χ3v) is 9.76. The van der Waals surface area contributed by atoms with Crippen molar-refractivity contribution in [1.29, 1.82) is 5.26 Å². The lowest BCUT2D eigenvalue weighted by atomic mass is 10.0. The Morgan fingerprint density at radius 3 is 2.25 bits per heavy atom. The maximum Gasteiger partial charge on any atom is 0.478 e. The molecular formula is C40H42F3N4O8P. The summed E-state index contributed by atoms with van der Waals surface area (Å²) >= 11 is 0. The SMILES string of the molecule is COCCn1c(Cc2cc(F)c(-c3cccc(OCc4ccc(C#N)cc4F)n3)cc2F)nc2ccc(C(=O)OCOP(=O)(OC(C)(C)C)OC(C)(C)C)cc21. The van der Waals surface area contributed by atoms with Crippen molar-refractivity contribution in [2.75, 3.05) is 20.5 Å². The van der Waals surface area contributed by atoms with Crippen molar-refractivity contribution in [3.05, 3.63) is 112 Å². The zero-order valence-electron chi connectivity index (χ0n) is 32.0. The van der Waals surface area contributed by atoms with E-state index in [-0.39, 0.29) is 65.6 Å². The minimum atomic E-state index is -4.14. The number of methoxy groups -OCH3 is 1. The molecular weight excluding hydrogens is 752 g/mol. The molecule has 56 heavy (non-hydrogen) atoms. The summed E-state index contributed by atoms with van der Waals surface area (Å²) in [5.74, 6) is -2.44. The van der Waals surface area contributed by atoms with Crippen LogP contribution in [0.1, 0.15) is 74.4 Å². The number of esters is 1. The first-order valence-electron chi connectivity index (χ1n) is 17.4. The quantitative estimate of drug-likeness (QED) is 0.0569. The van der Waals surface area contributed by atoms with E-state index < -0.39 is 49.2 Å². The number of halogens is 3. The molecule has 0 bridgehead atoms. The Morgan fingerprint density at radius 1 is 0.875 bits per heavy atom. The topological polar surface area (TPSA) is 144 Å². The highest BCUT2D eigenvalue weighted by atomic mass is 31.2. The van der Waals surface area contributed by atoms with Gasteiger partial charge in [-0.05, 0) is 95.6 Å². The number of pyridine rings is 1. The smallest absolute Gasteiger partial charge is 0.473 e. The number of ether oxygens (including phenoxy) is 3. The molecule has 5 aromatic rings. The zero-order chi connectivity index (χ0) is 40.8. The number of hydrogen-bond acceptors (Lipinski definition) is 11. The molecule has 2 heterocycles. The average Bonchev–Trinajstić information content (AvgIpc) is 3.45. The van der Waals surface area contributed by atoms with E-state index >= 15 is 8.78 Å². The second-order valence-electron chi connectivity index (χ2n) is 14.6. The summed E-state index contributed by atoms with van der Waals surface area (Å²) in [5, 5.41) is 8.96.